The lowest BCUT2D eigenvalue weighted by molar-refractivity contribution is 0.0809. The van der Waals surface area contributed by atoms with Gasteiger partial charge in [0.05, 0.1) is 6.54 Å². The topological polar surface area (TPSA) is 58.4 Å². The molecular weight excluding hydrogens is 302 g/mol. The lowest BCUT2D eigenvalue weighted by atomic mass is 10.1. The van der Waals surface area contributed by atoms with Crippen LogP contribution in [0.2, 0.25) is 0 Å². The van der Waals surface area contributed by atoms with E-state index < -0.39 is 0 Å². The minimum absolute atomic E-state index is 0.197. The summed E-state index contributed by atoms with van der Waals surface area (Å²) in [5.41, 5.74) is 3.17. The molecule has 1 N–H and O–H groups in total. The maximum absolute atomic E-state index is 12.9. The summed E-state index contributed by atoms with van der Waals surface area (Å²) >= 11 is 0. The Bertz CT molecular complexity index is 900. The molecule has 1 amide bonds. The Balaban J connectivity index is 1.67. The average molecular weight is 317 g/mol. The number of hydrogen-bond acceptors (Lipinski definition) is 4. The molecule has 24 heavy (non-hydrogen) atoms. The van der Waals surface area contributed by atoms with E-state index in [4.69, 9.17) is 4.42 Å². The molecule has 0 atom stereocenters. The van der Waals surface area contributed by atoms with E-state index in [9.17, 15) is 4.79 Å². The van der Waals surface area contributed by atoms with Gasteiger partial charge in [-0.1, -0.05) is 48.5 Å². The highest BCUT2D eigenvalue weighted by Crippen LogP contribution is 2.26. The Morgan fingerprint density at radius 3 is 2.75 bits per heavy atom. The third-order valence-electron chi connectivity index (χ3n) is 3.92. The first kappa shape index (κ1) is 14.3. The van der Waals surface area contributed by atoms with Crippen molar-refractivity contribution in [2.24, 2.45) is 0 Å². The van der Waals surface area contributed by atoms with E-state index in [0.717, 1.165) is 16.8 Å². The van der Waals surface area contributed by atoms with Crippen molar-refractivity contribution in [1.82, 2.24) is 9.88 Å². The maximum atomic E-state index is 12.9. The minimum Gasteiger partial charge on any atom is -0.443 e. The molecule has 1 aromatic heterocycles. The zero-order chi connectivity index (χ0) is 16.4. The van der Waals surface area contributed by atoms with Crippen LogP contribution in [0.25, 0.3) is 11.3 Å². The summed E-state index contributed by atoms with van der Waals surface area (Å²) in [5, 5.41) is 3.18. The van der Waals surface area contributed by atoms with Crippen LogP contribution < -0.4 is 5.32 Å². The molecule has 0 bridgehead atoms. The van der Waals surface area contributed by atoms with Gasteiger partial charge in [-0.05, 0) is 11.6 Å². The third-order valence-corrected chi connectivity index (χ3v) is 3.92. The number of amides is 1. The van der Waals surface area contributed by atoms with Gasteiger partial charge in [0.15, 0.2) is 17.8 Å². The van der Waals surface area contributed by atoms with Gasteiger partial charge in [-0.15, -0.1) is 0 Å². The molecule has 1 aliphatic heterocycles. The van der Waals surface area contributed by atoms with Gasteiger partial charge in [0.2, 0.25) is 0 Å². The summed E-state index contributed by atoms with van der Waals surface area (Å²) in [6.45, 7) is 0.472. The van der Waals surface area contributed by atoms with E-state index in [2.05, 4.69) is 10.3 Å². The summed E-state index contributed by atoms with van der Waals surface area (Å²) < 4.78 is 5.47. The molecule has 3 aromatic rings. The van der Waals surface area contributed by atoms with Gasteiger partial charge in [0.25, 0.3) is 5.91 Å². The Hall–Kier alpha value is -3.34. The first-order chi connectivity index (χ1) is 11.8. The summed E-state index contributed by atoms with van der Waals surface area (Å²) in [7, 11) is 0. The number of nitrogens with zero attached hydrogens (tertiary/aromatic N) is 2. The third kappa shape index (κ3) is 2.56. The van der Waals surface area contributed by atoms with E-state index in [-0.39, 0.29) is 5.91 Å². The molecule has 0 saturated carbocycles. The predicted octanol–water partition coefficient (Wildman–Crippen LogP) is 3.88. The number of anilines is 1. The largest absolute Gasteiger partial charge is 0.443 e. The second-order valence-corrected chi connectivity index (χ2v) is 5.45. The number of aromatic nitrogens is 1. The number of hydrogen-bond donors (Lipinski definition) is 1. The SMILES string of the molecule is O=C(c1ncoc1-c1ccccc1)N1C=CNc2ccccc2C1. The van der Waals surface area contributed by atoms with Crippen LogP contribution in [0.5, 0.6) is 0 Å². The van der Waals surface area contributed by atoms with Crippen LogP contribution in [0.3, 0.4) is 0 Å². The number of benzene rings is 2. The van der Waals surface area contributed by atoms with Gasteiger partial charge in [-0.25, -0.2) is 4.98 Å². The van der Waals surface area contributed by atoms with Gasteiger partial charge in [-0.2, -0.15) is 0 Å². The van der Waals surface area contributed by atoms with Gasteiger partial charge < -0.3 is 14.6 Å². The number of rotatable bonds is 2. The molecule has 0 aliphatic carbocycles. The van der Waals surface area contributed by atoms with E-state index in [0.29, 0.717) is 18.0 Å². The lowest BCUT2D eigenvalue weighted by Gasteiger charge is -2.16. The van der Waals surface area contributed by atoms with Crippen molar-refractivity contribution in [3.63, 3.8) is 0 Å². The minimum atomic E-state index is -0.197. The molecule has 2 aromatic carbocycles. The van der Waals surface area contributed by atoms with Crippen LogP contribution in [0.15, 0.2) is 77.8 Å². The monoisotopic (exact) mass is 317 g/mol. The highest BCUT2D eigenvalue weighted by atomic mass is 16.3. The Morgan fingerprint density at radius 1 is 1.08 bits per heavy atom. The van der Waals surface area contributed by atoms with Crippen LogP contribution >= 0.6 is 0 Å². The fraction of sp³-hybridized carbons (Fsp3) is 0.0526. The quantitative estimate of drug-likeness (QED) is 0.779. The van der Waals surface area contributed by atoms with E-state index >= 15 is 0 Å². The van der Waals surface area contributed by atoms with Gasteiger partial charge in [-0.3, -0.25) is 4.79 Å². The van der Waals surface area contributed by atoms with Gasteiger partial charge >= 0.3 is 0 Å². The van der Waals surface area contributed by atoms with Crippen molar-refractivity contribution in [1.29, 1.82) is 0 Å². The van der Waals surface area contributed by atoms with Crippen LogP contribution in [0, 0.1) is 0 Å². The summed E-state index contributed by atoms with van der Waals surface area (Å²) in [6, 6.07) is 17.4. The fourth-order valence-corrected chi connectivity index (χ4v) is 2.72. The van der Waals surface area contributed by atoms with Crippen molar-refractivity contribution in [3.05, 3.63) is 84.6 Å². The van der Waals surface area contributed by atoms with E-state index in [1.54, 1.807) is 17.3 Å². The van der Waals surface area contributed by atoms with Crippen molar-refractivity contribution < 1.29 is 9.21 Å². The molecule has 0 fully saturated rings. The second kappa shape index (κ2) is 6.04. The standard InChI is InChI=1S/C19H15N3O2/c23-19(17-18(24-13-21-17)14-6-2-1-3-7-14)22-11-10-20-16-9-5-4-8-15(16)12-22/h1-11,13,20H,12H2. The maximum Gasteiger partial charge on any atom is 0.280 e. The highest BCUT2D eigenvalue weighted by molar-refractivity contribution is 5.98. The summed E-state index contributed by atoms with van der Waals surface area (Å²) in [5.74, 6) is 0.289. The molecule has 0 unspecified atom stereocenters. The molecule has 0 radical (unpaired) electrons. The number of nitrogens with one attached hydrogen (secondary N) is 1. The Morgan fingerprint density at radius 2 is 1.88 bits per heavy atom. The molecule has 1 aliphatic rings. The molecular formula is C19H15N3O2. The molecule has 5 heteroatoms. The smallest absolute Gasteiger partial charge is 0.280 e. The first-order valence-electron chi connectivity index (χ1n) is 7.64. The van der Waals surface area contributed by atoms with Crippen LogP contribution in [0.1, 0.15) is 16.1 Å². The zero-order valence-corrected chi connectivity index (χ0v) is 12.8. The van der Waals surface area contributed by atoms with Crippen LogP contribution in [-0.2, 0) is 6.54 Å². The number of fused-ring (bicyclic) bond motifs is 1. The molecule has 2 heterocycles. The summed E-state index contributed by atoms with van der Waals surface area (Å²) in [6.07, 6.45) is 4.79. The predicted molar refractivity (Wildman–Crippen MR) is 91.0 cm³/mol. The van der Waals surface area contributed by atoms with Crippen molar-refractivity contribution in [3.8, 4) is 11.3 Å². The number of carbonyl (C=O) groups excluding carboxylic acids is 1. The van der Waals surface area contributed by atoms with Gasteiger partial charge in [0.1, 0.15) is 0 Å². The van der Waals surface area contributed by atoms with Crippen molar-refractivity contribution in [2.45, 2.75) is 6.54 Å². The normalized spacial score (nSPS) is 13.1. The number of carbonyl (C=O) groups is 1. The summed E-state index contributed by atoms with van der Waals surface area (Å²) in [4.78, 5) is 18.7. The molecule has 0 saturated heterocycles. The zero-order valence-electron chi connectivity index (χ0n) is 12.8. The Kier molecular flexibility index (Phi) is 3.59. The fourth-order valence-electron chi connectivity index (χ4n) is 2.72. The second-order valence-electron chi connectivity index (χ2n) is 5.45. The lowest BCUT2D eigenvalue weighted by Crippen LogP contribution is -2.25. The van der Waals surface area contributed by atoms with Crippen molar-refractivity contribution >= 4 is 11.6 Å². The first-order valence-corrected chi connectivity index (χ1v) is 7.64. The number of oxazole rings is 1. The average Bonchev–Trinajstić information content (AvgIpc) is 3.02. The molecule has 118 valence electrons. The highest BCUT2D eigenvalue weighted by Gasteiger charge is 2.24. The van der Waals surface area contributed by atoms with Crippen LogP contribution in [-0.4, -0.2) is 15.8 Å². The van der Waals surface area contributed by atoms with E-state index in [1.165, 1.54) is 6.39 Å². The molecule has 0 spiro atoms. The van der Waals surface area contributed by atoms with Crippen molar-refractivity contribution in [2.75, 3.05) is 5.32 Å². The Labute approximate surface area is 139 Å². The molecule has 4 rings (SSSR count). The van der Waals surface area contributed by atoms with Gasteiger partial charge in [0, 0.05) is 23.7 Å². The van der Waals surface area contributed by atoms with Crippen LogP contribution in [0.4, 0.5) is 5.69 Å². The number of para-hydroxylation sites is 1. The van der Waals surface area contributed by atoms with E-state index in [1.807, 2.05) is 54.6 Å². The molecule has 5 nitrogen and oxygen atoms in total.